The lowest BCUT2D eigenvalue weighted by Gasteiger charge is -2.19. The molecule has 0 spiro atoms. The fourth-order valence-corrected chi connectivity index (χ4v) is 2.52. The average Bonchev–Trinajstić information content (AvgIpc) is 2.89. The highest BCUT2D eigenvalue weighted by Gasteiger charge is 2.20. The van der Waals surface area contributed by atoms with E-state index in [1.54, 1.807) is 13.3 Å². The van der Waals surface area contributed by atoms with Crippen LogP contribution < -0.4 is 16.0 Å². The van der Waals surface area contributed by atoms with Crippen molar-refractivity contribution in [2.24, 2.45) is 5.84 Å². The minimum atomic E-state index is -0.153. The Morgan fingerprint density at radius 2 is 2.17 bits per heavy atom. The molecular weight excluding hydrogens is 248 g/mol. The van der Waals surface area contributed by atoms with Gasteiger partial charge >= 0.3 is 0 Å². The molecule has 1 atom stereocenters. The quantitative estimate of drug-likeness (QED) is 0.649. The van der Waals surface area contributed by atoms with Crippen LogP contribution >= 0.6 is 11.5 Å². The van der Waals surface area contributed by atoms with Gasteiger partial charge in [-0.3, -0.25) is 5.84 Å². The SMILES string of the molecule is COc1c(C(NN)c2cnns2)ccc(C)c1C. The van der Waals surface area contributed by atoms with Crippen LogP contribution in [0.1, 0.15) is 27.6 Å². The molecule has 1 heterocycles. The molecule has 5 nitrogen and oxygen atoms in total. The number of rotatable bonds is 4. The molecule has 0 aliphatic heterocycles. The Labute approximate surface area is 110 Å². The largest absolute Gasteiger partial charge is 0.496 e. The van der Waals surface area contributed by atoms with Crippen molar-refractivity contribution in [1.29, 1.82) is 0 Å². The maximum Gasteiger partial charge on any atom is 0.127 e. The second-order valence-electron chi connectivity index (χ2n) is 4.05. The number of nitrogens with zero attached hydrogens (tertiary/aromatic N) is 2. The highest BCUT2D eigenvalue weighted by Crippen LogP contribution is 2.34. The average molecular weight is 264 g/mol. The van der Waals surface area contributed by atoms with Crippen LogP contribution in [0.3, 0.4) is 0 Å². The van der Waals surface area contributed by atoms with E-state index < -0.39 is 0 Å². The first-order chi connectivity index (χ1) is 8.69. The number of methoxy groups -OCH3 is 1. The van der Waals surface area contributed by atoms with Crippen LogP contribution in [-0.4, -0.2) is 16.7 Å². The number of benzene rings is 1. The van der Waals surface area contributed by atoms with Crippen LogP contribution in [-0.2, 0) is 0 Å². The minimum absolute atomic E-state index is 0.153. The summed E-state index contributed by atoms with van der Waals surface area (Å²) in [5.41, 5.74) is 6.09. The Bertz CT molecular complexity index is 527. The fraction of sp³-hybridized carbons (Fsp3) is 0.333. The summed E-state index contributed by atoms with van der Waals surface area (Å²) in [6.07, 6.45) is 1.71. The third-order valence-electron chi connectivity index (χ3n) is 3.05. The molecular formula is C12H16N4OS. The van der Waals surface area contributed by atoms with E-state index in [0.29, 0.717) is 0 Å². The smallest absolute Gasteiger partial charge is 0.127 e. The molecule has 3 N–H and O–H groups in total. The van der Waals surface area contributed by atoms with Gasteiger partial charge in [0.05, 0.1) is 24.2 Å². The Morgan fingerprint density at radius 1 is 1.39 bits per heavy atom. The topological polar surface area (TPSA) is 73.1 Å². The zero-order valence-electron chi connectivity index (χ0n) is 10.6. The van der Waals surface area contributed by atoms with E-state index in [9.17, 15) is 0 Å². The van der Waals surface area contributed by atoms with E-state index in [0.717, 1.165) is 21.8 Å². The number of nitrogens with two attached hydrogens (primary N) is 1. The van der Waals surface area contributed by atoms with E-state index in [1.807, 2.05) is 13.0 Å². The lowest BCUT2D eigenvalue weighted by atomic mass is 9.99. The van der Waals surface area contributed by atoms with Gasteiger partial charge in [-0.15, -0.1) is 5.10 Å². The minimum Gasteiger partial charge on any atom is -0.496 e. The molecule has 0 saturated carbocycles. The summed E-state index contributed by atoms with van der Waals surface area (Å²) in [6.45, 7) is 4.09. The molecule has 0 fully saturated rings. The predicted molar refractivity (Wildman–Crippen MR) is 71.5 cm³/mol. The number of aryl methyl sites for hydroxylation is 1. The van der Waals surface area contributed by atoms with Crippen molar-refractivity contribution in [2.75, 3.05) is 7.11 Å². The lowest BCUT2D eigenvalue weighted by molar-refractivity contribution is 0.401. The molecule has 6 heteroatoms. The van der Waals surface area contributed by atoms with Gasteiger partial charge in [0.1, 0.15) is 5.75 Å². The molecule has 1 unspecified atom stereocenters. The molecule has 0 radical (unpaired) electrons. The summed E-state index contributed by atoms with van der Waals surface area (Å²) in [4.78, 5) is 0.957. The third-order valence-corrected chi connectivity index (χ3v) is 3.78. The molecule has 18 heavy (non-hydrogen) atoms. The van der Waals surface area contributed by atoms with Gasteiger partial charge in [0.15, 0.2) is 0 Å². The second kappa shape index (κ2) is 5.43. The van der Waals surface area contributed by atoms with Gasteiger partial charge < -0.3 is 4.74 Å². The molecule has 0 saturated heterocycles. The summed E-state index contributed by atoms with van der Waals surface area (Å²) < 4.78 is 9.37. The van der Waals surface area contributed by atoms with Crippen LogP contribution in [0, 0.1) is 13.8 Å². The van der Waals surface area contributed by atoms with Gasteiger partial charge in [0.2, 0.25) is 0 Å². The van der Waals surface area contributed by atoms with Gasteiger partial charge in [-0.05, 0) is 36.5 Å². The Morgan fingerprint density at radius 3 is 2.72 bits per heavy atom. The monoisotopic (exact) mass is 264 g/mol. The summed E-state index contributed by atoms with van der Waals surface area (Å²) in [5, 5.41) is 3.84. The normalized spacial score (nSPS) is 12.4. The lowest BCUT2D eigenvalue weighted by Crippen LogP contribution is -2.28. The molecule has 2 aromatic rings. The van der Waals surface area contributed by atoms with Gasteiger partial charge in [0.25, 0.3) is 0 Å². The molecule has 0 bridgehead atoms. The first-order valence-electron chi connectivity index (χ1n) is 5.56. The number of ether oxygens (including phenoxy) is 1. The number of hydrogen-bond acceptors (Lipinski definition) is 6. The van der Waals surface area contributed by atoms with Crippen molar-refractivity contribution in [2.45, 2.75) is 19.9 Å². The molecule has 0 aliphatic carbocycles. The van der Waals surface area contributed by atoms with E-state index >= 15 is 0 Å². The van der Waals surface area contributed by atoms with Crippen molar-refractivity contribution in [3.63, 3.8) is 0 Å². The van der Waals surface area contributed by atoms with E-state index in [2.05, 4.69) is 28.0 Å². The fourth-order valence-electron chi connectivity index (χ4n) is 1.94. The van der Waals surface area contributed by atoms with Crippen molar-refractivity contribution in [1.82, 2.24) is 15.0 Å². The van der Waals surface area contributed by atoms with Crippen molar-refractivity contribution in [3.8, 4) is 5.75 Å². The van der Waals surface area contributed by atoms with Crippen molar-refractivity contribution < 1.29 is 4.74 Å². The molecule has 1 aromatic carbocycles. The Kier molecular flexibility index (Phi) is 3.90. The standard InChI is InChI=1S/C12H16N4OS/c1-7-4-5-9(12(17-3)8(7)2)11(15-13)10-6-14-16-18-10/h4-6,11,15H,13H2,1-3H3. The third kappa shape index (κ3) is 2.22. The predicted octanol–water partition coefficient (Wildman–Crippen LogP) is 1.72. The van der Waals surface area contributed by atoms with Crippen LogP contribution in [0.15, 0.2) is 18.3 Å². The van der Waals surface area contributed by atoms with Gasteiger partial charge in [-0.1, -0.05) is 16.6 Å². The molecule has 0 aliphatic rings. The van der Waals surface area contributed by atoms with Crippen molar-refractivity contribution >= 4 is 11.5 Å². The number of nitrogens with one attached hydrogen (secondary N) is 1. The van der Waals surface area contributed by atoms with Gasteiger partial charge in [0, 0.05) is 5.56 Å². The van der Waals surface area contributed by atoms with Crippen LogP contribution in [0.4, 0.5) is 0 Å². The van der Waals surface area contributed by atoms with Crippen LogP contribution in [0.5, 0.6) is 5.75 Å². The van der Waals surface area contributed by atoms with Crippen LogP contribution in [0.2, 0.25) is 0 Å². The molecule has 96 valence electrons. The summed E-state index contributed by atoms with van der Waals surface area (Å²) in [7, 11) is 1.67. The zero-order valence-corrected chi connectivity index (χ0v) is 11.4. The number of aromatic nitrogens is 2. The van der Waals surface area contributed by atoms with Gasteiger partial charge in [-0.2, -0.15) is 0 Å². The second-order valence-corrected chi connectivity index (χ2v) is 4.87. The highest BCUT2D eigenvalue weighted by molar-refractivity contribution is 7.05. The molecule has 0 amide bonds. The number of hydrazine groups is 1. The van der Waals surface area contributed by atoms with Gasteiger partial charge in [-0.25, -0.2) is 5.43 Å². The van der Waals surface area contributed by atoms with Crippen LogP contribution in [0.25, 0.3) is 0 Å². The molecule has 2 rings (SSSR count). The Hall–Kier alpha value is -1.50. The zero-order chi connectivity index (χ0) is 13.1. The summed E-state index contributed by atoms with van der Waals surface area (Å²) in [6, 6.07) is 3.93. The maximum absolute atomic E-state index is 5.65. The highest BCUT2D eigenvalue weighted by atomic mass is 32.1. The summed E-state index contributed by atoms with van der Waals surface area (Å²) in [5.74, 6) is 6.51. The molecule has 1 aromatic heterocycles. The maximum atomic E-state index is 5.65. The van der Waals surface area contributed by atoms with E-state index in [1.165, 1.54) is 17.1 Å². The van der Waals surface area contributed by atoms with E-state index in [4.69, 9.17) is 10.6 Å². The summed E-state index contributed by atoms with van der Waals surface area (Å²) >= 11 is 1.32. The van der Waals surface area contributed by atoms with E-state index in [-0.39, 0.29) is 6.04 Å². The number of hydrogen-bond donors (Lipinski definition) is 2. The first-order valence-corrected chi connectivity index (χ1v) is 6.33. The Balaban J connectivity index is 2.52. The van der Waals surface area contributed by atoms with Crippen molar-refractivity contribution in [3.05, 3.63) is 39.9 Å². The first kappa shape index (κ1) is 12.9.